The summed E-state index contributed by atoms with van der Waals surface area (Å²) in [6.45, 7) is 8.26. The maximum Gasteiger partial charge on any atom is 0.240 e. The van der Waals surface area contributed by atoms with E-state index in [9.17, 15) is 4.79 Å². The maximum absolute atomic E-state index is 12.1. The molecular weight excluding hydrogens is 226 g/mol. The van der Waals surface area contributed by atoms with Gasteiger partial charge in [0.25, 0.3) is 0 Å². The number of rotatable bonds is 6. The standard InChI is InChI=1S/C14H27N3O/c1-10(2)9-13-15-11(3)14(18)17(13)8-7-16(4)12-5-6-12/h10-13,15H,5-9H2,1-4H3. The third kappa shape index (κ3) is 3.23. The van der Waals surface area contributed by atoms with Crippen molar-refractivity contribution in [3.8, 4) is 0 Å². The second-order valence-corrected chi connectivity index (χ2v) is 6.28. The maximum atomic E-state index is 12.1. The summed E-state index contributed by atoms with van der Waals surface area (Å²) in [6.07, 6.45) is 3.94. The highest BCUT2D eigenvalue weighted by Crippen LogP contribution is 2.25. The average Bonchev–Trinajstić information content (AvgIpc) is 3.07. The van der Waals surface area contributed by atoms with Crippen LogP contribution in [-0.4, -0.2) is 54.1 Å². The molecule has 2 aliphatic rings. The van der Waals surface area contributed by atoms with E-state index in [-0.39, 0.29) is 18.1 Å². The molecule has 1 saturated heterocycles. The van der Waals surface area contributed by atoms with E-state index < -0.39 is 0 Å². The highest BCUT2D eigenvalue weighted by Gasteiger charge is 2.36. The van der Waals surface area contributed by atoms with Crippen LogP contribution in [0.5, 0.6) is 0 Å². The Bertz CT molecular complexity index is 301. The molecule has 1 aliphatic carbocycles. The van der Waals surface area contributed by atoms with E-state index in [1.165, 1.54) is 12.8 Å². The van der Waals surface area contributed by atoms with Crippen molar-refractivity contribution in [2.45, 2.75) is 58.3 Å². The van der Waals surface area contributed by atoms with Gasteiger partial charge in [-0.25, -0.2) is 0 Å². The van der Waals surface area contributed by atoms with Crippen molar-refractivity contribution in [1.82, 2.24) is 15.1 Å². The van der Waals surface area contributed by atoms with Crippen molar-refractivity contribution in [3.63, 3.8) is 0 Å². The molecule has 0 spiro atoms. The normalized spacial score (nSPS) is 28.8. The van der Waals surface area contributed by atoms with E-state index in [1.54, 1.807) is 0 Å². The zero-order valence-electron chi connectivity index (χ0n) is 12.1. The number of carbonyl (C=O) groups excluding carboxylic acids is 1. The van der Waals surface area contributed by atoms with Gasteiger partial charge in [0.05, 0.1) is 12.2 Å². The van der Waals surface area contributed by atoms with Crippen molar-refractivity contribution in [2.24, 2.45) is 5.92 Å². The zero-order valence-corrected chi connectivity index (χ0v) is 12.1. The number of hydrogen-bond donors (Lipinski definition) is 1. The van der Waals surface area contributed by atoms with Crippen LogP contribution in [0.4, 0.5) is 0 Å². The van der Waals surface area contributed by atoms with Crippen LogP contribution in [0.3, 0.4) is 0 Å². The van der Waals surface area contributed by atoms with Crippen LogP contribution in [0, 0.1) is 5.92 Å². The van der Waals surface area contributed by atoms with E-state index in [0.29, 0.717) is 5.92 Å². The summed E-state index contributed by atoms with van der Waals surface area (Å²) in [5, 5.41) is 3.41. The molecule has 0 bridgehead atoms. The molecule has 2 unspecified atom stereocenters. The van der Waals surface area contributed by atoms with Gasteiger partial charge in [-0.2, -0.15) is 0 Å². The minimum Gasteiger partial charge on any atom is -0.325 e. The molecule has 0 aromatic carbocycles. The molecule has 2 atom stereocenters. The lowest BCUT2D eigenvalue weighted by molar-refractivity contribution is -0.130. The first-order valence-electron chi connectivity index (χ1n) is 7.25. The van der Waals surface area contributed by atoms with Gasteiger partial charge >= 0.3 is 0 Å². The molecule has 1 amide bonds. The molecule has 4 nitrogen and oxygen atoms in total. The fraction of sp³-hybridized carbons (Fsp3) is 0.929. The SMILES string of the molecule is CC(C)CC1NC(C)C(=O)N1CCN(C)C1CC1. The van der Waals surface area contributed by atoms with Gasteiger partial charge in [0, 0.05) is 19.1 Å². The summed E-state index contributed by atoms with van der Waals surface area (Å²) in [5.74, 6) is 0.883. The van der Waals surface area contributed by atoms with Gasteiger partial charge in [-0.05, 0) is 39.2 Å². The van der Waals surface area contributed by atoms with Crippen LogP contribution in [0.15, 0.2) is 0 Å². The van der Waals surface area contributed by atoms with Gasteiger partial charge in [0.2, 0.25) is 5.91 Å². The second-order valence-electron chi connectivity index (χ2n) is 6.28. The number of hydrogen-bond acceptors (Lipinski definition) is 3. The lowest BCUT2D eigenvalue weighted by Gasteiger charge is -2.27. The topological polar surface area (TPSA) is 35.6 Å². The Morgan fingerprint density at radius 3 is 2.67 bits per heavy atom. The van der Waals surface area contributed by atoms with Gasteiger partial charge < -0.3 is 9.80 Å². The van der Waals surface area contributed by atoms with Crippen LogP contribution < -0.4 is 5.32 Å². The lowest BCUT2D eigenvalue weighted by Crippen LogP contribution is -2.42. The highest BCUT2D eigenvalue weighted by molar-refractivity contribution is 5.83. The van der Waals surface area contributed by atoms with E-state index >= 15 is 0 Å². The van der Waals surface area contributed by atoms with E-state index in [4.69, 9.17) is 0 Å². The van der Waals surface area contributed by atoms with Gasteiger partial charge in [0.1, 0.15) is 0 Å². The number of carbonyl (C=O) groups is 1. The Morgan fingerprint density at radius 1 is 1.44 bits per heavy atom. The van der Waals surface area contributed by atoms with Crippen LogP contribution in [-0.2, 0) is 4.79 Å². The molecule has 1 N–H and O–H groups in total. The number of amides is 1. The molecule has 1 heterocycles. The molecule has 1 saturated carbocycles. The molecule has 1 aliphatic heterocycles. The molecule has 2 fully saturated rings. The Kier molecular flexibility index (Phi) is 4.28. The Labute approximate surface area is 111 Å². The average molecular weight is 253 g/mol. The van der Waals surface area contributed by atoms with Crippen LogP contribution in [0.2, 0.25) is 0 Å². The molecule has 0 aromatic heterocycles. The third-order valence-electron chi connectivity index (χ3n) is 4.03. The molecule has 0 radical (unpaired) electrons. The van der Waals surface area contributed by atoms with Crippen LogP contribution >= 0.6 is 0 Å². The predicted molar refractivity (Wildman–Crippen MR) is 73.2 cm³/mol. The number of nitrogens with one attached hydrogen (secondary N) is 1. The first-order chi connectivity index (χ1) is 8.49. The summed E-state index contributed by atoms with van der Waals surface area (Å²) >= 11 is 0. The summed E-state index contributed by atoms with van der Waals surface area (Å²) in [5.41, 5.74) is 0. The second kappa shape index (κ2) is 5.57. The summed E-state index contributed by atoms with van der Waals surface area (Å²) < 4.78 is 0. The molecule has 2 rings (SSSR count). The van der Waals surface area contributed by atoms with Crippen LogP contribution in [0.25, 0.3) is 0 Å². The van der Waals surface area contributed by atoms with Gasteiger partial charge in [-0.3, -0.25) is 10.1 Å². The highest BCUT2D eigenvalue weighted by atomic mass is 16.2. The van der Waals surface area contributed by atoms with Crippen LogP contribution in [0.1, 0.15) is 40.0 Å². The van der Waals surface area contributed by atoms with Crippen molar-refractivity contribution in [2.75, 3.05) is 20.1 Å². The van der Waals surface area contributed by atoms with Gasteiger partial charge in [-0.15, -0.1) is 0 Å². The molecule has 18 heavy (non-hydrogen) atoms. The van der Waals surface area contributed by atoms with E-state index in [2.05, 4.69) is 31.1 Å². The van der Waals surface area contributed by atoms with Crippen molar-refractivity contribution in [3.05, 3.63) is 0 Å². The summed E-state index contributed by atoms with van der Waals surface area (Å²) in [7, 11) is 2.17. The van der Waals surface area contributed by atoms with E-state index in [1.807, 2.05) is 11.8 Å². The predicted octanol–water partition coefficient (Wildman–Crippen LogP) is 1.27. The number of likely N-dealkylation sites (N-methyl/N-ethyl adjacent to an activating group) is 1. The van der Waals surface area contributed by atoms with Gasteiger partial charge in [-0.1, -0.05) is 13.8 Å². The third-order valence-corrected chi connectivity index (χ3v) is 4.03. The largest absolute Gasteiger partial charge is 0.325 e. The molecular formula is C14H27N3O. The minimum atomic E-state index is -0.0139. The summed E-state index contributed by atoms with van der Waals surface area (Å²) in [4.78, 5) is 16.6. The molecule has 4 heteroatoms. The lowest BCUT2D eigenvalue weighted by atomic mass is 10.1. The first-order valence-corrected chi connectivity index (χ1v) is 7.25. The zero-order chi connectivity index (χ0) is 13.3. The fourth-order valence-electron chi connectivity index (χ4n) is 2.72. The Hall–Kier alpha value is -0.610. The molecule has 0 aromatic rings. The van der Waals surface area contributed by atoms with E-state index in [0.717, 1.165) is 25.6 Å². The smallest absolute Gasteiger partial charge is 0.240 e. The number of nitrogens with zero attached hydrogens (tertiary/aromatic N) is 2. The minimum absolute atomic E-state index is 0.0139. The van der Waals surface area contributed by atoms with Crippen molar-refractivity contribution in [1.29, 1.82) is 0 Å². The monoisotopic (exact) mass is 253 g/mol. The van der Waals surface area contributed by atoms with Crippen molar-refractivity contribution < 1.29 is 4.79 Å². The van der Waals surface area contributed by atoms with Gasteiger partial charge in [0.15, 0.2) is 0 Å². The Balaban J connectivity index is 1.87. The first kappa shape index (κ1) is 13.8. The summed E-state index contributed by atoms with van der Waals surface area (Å²) in [6, 6.07) is 0.761. The quantitative estimate of drug-likeness (QED) is 0.774. The van der Waals surface area contributed by atoms with Crippen molar-refractivity contribution >= 4 is 5.91 Å². The fourth-order valence-corrected chi connectivity index (χ4v) is 2.72. The Morgan fingerprint density at radius 2 is 2.11 bits per heavy atom. The molecule has 104 valence electrons.